The lowest BCUT2D eigenvalue weighted by Crippen LogP contribution is -2.19. The van der Waals surface area contributed by atoms with Gasteiger partial charge in [0.25, 0.3) is 0 Å². The van der Waals surface area contributed by atoms with Crippen molar-refractivity contribution in [3.05, 3.63) is 17.5 Å². The van der Waals surface area contributed by atoms with E-state index in [2.05, 4.69) is 31.0 Å². The monoisotopic (exact) mass is 196 g/mol. The number of aromatic carboxylic acids is 1. The molecular weight excluding hydrogens is 180 g/mol. The fraction of sp³-hybridized carbons (Fsp3) is 0.600. The highest BCUT2D eigenvalue weighted by Gasteiger charge is 2.25. The van der Waals surface area contributed by atoms with E-state index < -0.39 is 5.97 Å². The minimum absolute atomic E-state index is 0.000694. The van der Waals surface area contributed by atoms with Gasteiger partial charge < -0.3 is 5.11 Å². The molecule has 0 saturated carbocycles. The summed E-state index contributed by atoms with van der Waals surface area (Å²) in [6, 6.07) is 1.62. The van der Waals surface area contributed by atoms with Crippen LogP contribution in [0.1, 0.15) is 49.8 Å². The van der Waals surface area contributed by atoms with Gasteiger partial charge in [-0.25, -0.2) is 4.79 Å². The van der Waals surface area contributed by atoms with Gasteiger partial charge in [0, 0.05) is 11.1 Å². The molecule has 0 radical (unpaired) electrons. The third-order valence-electron chi connectivity index (χ3n) is 3.01. The first kappa shape index (κ1) is 10.8. The van der Waals surface area contributed by atoms with Crippen molar-refractivity contribution in [2.45, 2.75) is 39.0 Å². The van der Waals surface area contributed by atoms with Crippen LogP contribution in [-0.2, 0) is 5.41 Å². The maximum Gasteiger partial charge on any atom is 0.356 e. The van der Waals surface area contributed by atoms with Gasteiger partial charge >= 0.3 is 5.97 Å². The lowest BCUT2D eigenvalue weighted by atomic mass is 9.81. The number of H-pyrrole nitrogens is 1. The third kappa shape index (κ3) is 1.78. The second-order valence-corrected chi connectivity index (χ2v) is 3.74. The van der Waals surface area contributed by atoms with Crippen molar-refractivity contribution in [2.75, 3.05) is 0 Å². The van der Waals surface area contributed by atoms with E-state index in [4.69, 9.17) is 5.11 Å². The normalized spacial score (nSPS) is 11.6. The molecule has 1 rings (SSSR count). The van der Waals surface area contributed by atoms with Gasteiger partial charge in [0.15, 0.2) is 5.69 Å². The van der Waals surface area contributed by atoms with Crippen LogP contribution in [-0.4, -0.2) is 21.3 Å². The molecule has 1 aromatic rings. The first-order chi connectivity index (χ1) is 6.53. The summed E-state index contributed by atoms with van der Waals surface area (Å²) >= 11 is 0. The summed E-state index contributed by atoms with van der Waals surface area (Å²) in [7, 11) is 0. The van der Waals surface area contributed by atoms with E-state index in [-0.39, 0.29) is 11.1 Å². The highest BCUT2D eigenvalue weighted by molar-refractivity contribution is 5.85. The number of carbonyl (C=O) groups is 1. The Labute approximate surface area is 83.3 Å². The van der Waals surface area contributed by atoms with Crippen LogP contribution in [0, 0.1) is 0 Å². The summed E-state index contributed by atoms with van der Waals surface area (Å²) < 4.78 is 0. The number of aromatic nitrogens is 2. The standard InChI is InChI=1S/C10H16N2O2/c1-4-10(3,5-2)8-6-7(9(13)14)11-12-8/h6H,4-5H2,1-3H3,(H,11,12)(H,13,14). The average Bonchev–Trinajstić information content (AvgIpc) is 2.66. The molecule has 14 heavy (non-hydrogen) atoms. The van der Waals surface area contributed by atoms with Crippen LogP contribution >= 0.6 is 0 Å². The van der Waals surface area contributed by atoms with Crippen LogP contribution < -0.4 is 0 Å². The largest absolute Gasteiger partial charge is 0.476 e. The Morgan fingerprint density at radius 1 is 1.57 bits per heavy atom. The summed E-state index contributed by atoms with van der Waals surface area (Å²) in [5.74, 6) is -0.984. The van der Waals surface area contributed by atoms with Crippen LogP contribution in [0.4, 0.5) is 0 Å². The predicted molar refractivity (Wildman–Crippen MR) is 53.5 cm³/mol. The first-order valence-corrected chi connectivity index (χ1v) is 4.82. The van der Waals surface area contributed by atoms with Gasteiger partial charge in [-0.05, 0) is 18.9 Å². The Balaban J connectivity index is 3.01. The summed E-state index contributed by atoms with van der Waals surface area (Å²) in [5.41, 5.74) is 0.994. The molecule has 0 aromatic carbocycles. The SMILES string of the molecule is CCC(C)(CC)c1cc(C(=O)O)n[nH]1. The molecular formula is C10H16N2O2. The third-order valence-corrected chi connectivity index (χ3v) is 3.01. The Morgan fingerprint density at radius 3 is 2.50 bits per heavy atom. The average molecular weight is 196 g/mol. The van der Waals surface area contributed by atoms with Crippen molar-refractivity contribution in [1.29, 1.82) is 0 Å². The van der Waals surface area contributed by atoms with E-state index in [1.807, 2.05) is 0 Å². The highest BCUT2D eigenvalue weighted by atomic mass is 16.4. The Kier molecular flexibility index (Phi) is 2.93. The van der Waals surface area contributed by atoms with Crippen LogP contribution in [0.15, 0.2) is 6.07 Å². The first-order valence-electron chi connectivity index (χ1n) is 4.82. The minimum atomic E-state index is -0.984. The zero-order chi connectivity index (χ0) is 10.8. The molecule has 78 valence electrons. The van der Waals surface area contributed by atoms with Crippen molar-refractivity contribution in [3.63, 3.8) is 0 Å². The fourth-order valence-corrected chi connectivity index (χ4v) is 1.37. The molecule has 1 aromatic heterocycles. The minimum Gasteiger partial charge on any atom is -0.476 e. The van der Waals surface area contributed by atoms with Crippen molar-refractivity contribution in [2.24, 2.45) is 0 Å². The molecule has 0 spiro atoms. The van der Waals surface area contributed by atoms with E-state index in [1.165, 1.54) is 0 Å². The number of nitrogens with one attached hydrogen (secondary N) is 1. The number of hydrogen-bond donors (Lipinski definition) is 2. The van der Waals surface area contributed by atoms with E-state index in [9.17, 15) is 4.79 Å². The van der Waals surface area contributed by atoms with Crippen LogP contribution in [0.2, 0.25) is 0 Å². The van der Waals surface area contributed by atoms with Crippen LogP contribution in [0.3, 0.4) is 0 Å². The molecule has 0 aliphatic heterocycles. The summed E-state index contributed by atoms with van der Waals surface area (Å²) in [6.07, 6.45) is 1.93. The molecule has 0 atom stereocenters. The second kappa shape index (κ2) is 3.82. The summed E-state index contributed by atoms with van der Waals surface area (Å²) in [5, 5.41) is 15.3. The number of nitrogens with zero attached hydrogens (tertiary/aromatic N) is 1. The van der Waals surface area contributed by atoms with E-state index in [0.717, 1.165) is 18.5 Å². The number of carboxylic acids is 1. The van der Waals surface area contributed by atoms with E-state index in [0.29, 0.717) is 0 Å². The van der Waals surface area contributed by atoms with Gasteiger partial charge in [-0.3, -0.25) is 5.10 Å². The lowest BCUT2D eigenvalue weighted by molar-refractivity contribution is 0.0690. The second-order valence-electron chi connectivity index (χ2n) is 3.74. The van der Waals surface area contributed by atoms with Crippen LogP contribution in [0.25, 0.3) is 0 Å². The quantitative estimate of drug-likeness (QED) is 0.775. The van der Waals surface area contributed by atoms with Crippen molar-refractivity contribution < 1.29 is 9.90 Å². The van der Waals surface area contributed by atoms with Gasteiger partial charge in [0.2, 0.25) is 0 Å². The van der Waals surface area contributed by atoms with E-state index in [1.54, 1.807) is 6.07 Å². The molecule has 0 fully saturated rings. The van der Waals surface area contributed by atoms with Crippen molar-refractivity contribution >= 4 is 5.97 Å². The van der Waals surface area contributed by atoms with Gasteiger partial charge in [-0.2, -0.15) is 5.10 Å². The van der Waals surface area contributed by atoms with Gasteiger partial charge in [0.1, 0.15) is 0 Å². The molecule has 2 N–H and O–H groups in total. The van der Waals surface area contributed by atoms with Gasteiger partial charge in [0.05, 0.1) is 0 Å². The lowest BCUT2D eigenvalue weighted by Gasteiger charge is -2.24. The van der Waals surface area contributed by atoms with Crippen molar-refractivity contribution in [1.82, 2.24) is 10.2 Å². The molecule has 0 amide bonds. The number of hydrogen-bond acceptors (Lipinski definition) is 2. The van der Waals surface area contributed by atoms with Crippen molar-refractivity contribution in [3.8, 4) is 0 Å². The Hall–Kier alpha value is -1.32. The molecule has 0 saturated heterocycles. The van der Waals surface area contributed by atoms with Gasteiger partial charge in [-0.15, -0.1) is 0 Å². The molecule has 1 heterocycles. The number of carboxylic acid groups (broad SMARTS) is 1. The smallest absolute Gasteiger partial charge is 0.356 e. The number of aromatic amines is 1. The molecule has 0 aliphatic rings. The van der Waals surface area contributed by atoms with Gasteiger partial charge in [-0.1, -0.05) is 20.8 Å². The zero-order valence-corrected chi connectivity index (χ0v) is 8.79. The maximum atomic E-state index is 10.6. The predicted octanol–water partition coefficient (Wildman–Crippen LogP) is 2.19. The Morgan fingerprint density at radius 2 is 2.14 bits per heavy atom. The van der Waals surface area contributed by atoms with E-state index >= 15 is 0 Å². The maximum absolute atomic E-state index is 10.6. The summed E-state index contributed by atoms with van der Waals surface area (Å²) in [4.78, 5) is 10.6. The molecule has 0 aliphatic carbocycles. The number of rotatable bonds is 4. The molecule has 4 heteroatoms. The van der Waals surface area contributed by atoms with Crippen LogP contribution in [0.5, 0.6) is 0 Å². The Bertz CT molecular complexity index is 327. The topological polar surface area (TPSA) is 66.0 Å². The molecule has 0 unspecified atom stereocenters. The molecule has 4 nitrogen and oxygen atoms in total. The molecule has 0 bridgehead atoms. The fourth-order valence-electron chi connectivity index (χ4n) is 1.37. The zero-order valence-electron chi connectivity index (χ0n) is 8.79. The summed E-state index contributed by atoms with van der Waals surface area (Å²) in [6.45, 7) is 6.28. The highest BCUT2D eigenvalue weighted by Crippen LogP contribution is 2.29.